The zero-order valence-corrected chi connectivity index (χ0v) is 11.6. The Morgan fingerprint density at radius 2 is 1.88 bits per heavy atom. The van der Waals surface area contributed by atoms with Crippen molar-refractivity contribution in [1.29, 1.82) is 0 Å². The first-order valence-electron chi connectivity index (χ1n) is 6.50. The number of hydrogen-bond donors (Lipinski definition) is 0. The van der Waals surface area contributed by atoms with Crippen molar-refractivity contribution in [3.05, 3.63) is 60.8 Å². The van der Waals surface area contributed by atoms with Gasteiger partial charge in [-0.3, -0.25) is 0 Å². The molecule has 1 unspecified atom stereocenters. The summed E-state index contributed by atoms with van der Waals surface area (Å²) in [5.41, 5.74) is 2.72. The first-order chi connectivity index (χ1) is 8.24. The van der Waals surface area contributed by atoms with Crippen molar-refractivity contribution < 1.29 is 0 Å². The Morgan fingerprint density at radius 3 is 2.29 bits per heavy atom. The molecule has 0 bridgehead atoms. The van der Waals surface area contributed by atoms with Crippen molar-refractivity contribution in [3.8, 4) is 0 Å². The van der Waals surface area contributed by atoms with Gasteiger partial charge < -0.3 is 0 Å². The van der Waals surface area contributed by atoms with E-state index in [4.69, 9.17) is 0 Å². The summed E-state index contributed by atoms with van der Waals surface area (Å²) in [6.45, 7) is 14.2. The summed E-state index contributed by atoms with van der Waals surface area (Å²) in [4.78, 5) is 0. The molecule has 0 amide bonds. The summed E-state index contributed by atoms with van der Waals surface area (Å²) >= 11 is 0. The van der Waals surface area contributed by atoms with Crippen molar-refractivity contribution in [2.75, 3.05) is 0 Å². The second-order valence-electron chi connectivity index (χ2n) is 4.03. The summed E-state index contributed by atoms with van der Waals surface area (Å²) in [5.74, 6) is 0.445. The SMILES string of the molecule is C=CCC(=C(C=CC)C=CCC)C(C=C)CC. The van der Waals surface area contributed by atoms with E-state index in [9.17, 15) is 0 Å². The van der Waals surface area contributed by atoms with E-state index in [1.54, 1.807) is 0 Å². The van der Waals surface area contributed by atoms with Crippen LogP contribution in [0.1, 0.15) is 40.0 Å². The van der Waals surface area contributed by atoms with E-state index in [1.807, 2.05) is 12.2 Å². The highest BCUT2D eigenvalue weighted by molar-refractivity contribution is 5.38. The van der Waals surface area contributed by atoms with Gasteiger partial charge in [-0.05, 0) is 37.7 Å². The van der Waals surface area contributed by atoms with Crippen LogP contribution in [-0.4, -0.2) is 0 Å². The summed E-state index contributed by atoms with van der Waals surface area (Å²) in [7, 11) is 0. The molecule has 94 valence electrons. The fourth-order valence-electron chi connectivity index (χ4n) is 1.89. The van der Waals surface area contributed by atoms with Gasteiger partial charge in [0.25, 0.3) is 0 Å². The Kier molecular flexibility index (Phi) is 9.14. The minimum Gasteiger partial charge on any atom is -0.103 e. The molecule has 0 fully saturated rings. The number of rotatable bonds is 8. The van der Waals surface area contributed by atoms with Crippen molar-refractivity contribution in [2.24, 2.45) is 5.92 Å². The lowest BCUT2D eigenvalue weighted by molar-refractivity contribution is 0.708. The Bertz CT molecular complexity index is 313. The van der Waals surface area contributed by atoms with Crippen LogP contribution in [0, 0.1) is 5.92 Å². The molecular formula is C17H26. The third kappa shape index (κ3) is 5.53. The third-order valence-corrected chi connectivity index (χ3v) is 2.79. The second kappa shape index (κ2) is 9.89. The van der Waals surface area contributed by atoms with Crippen molar-refractivity contribution in [1.82, 2.24) is 0 Å². The highest BCUT2D eigenvalue weighted by atomic mass is 14.1. The lowest BCUT2D eigenvalue weighted by Crippen LogP contribution is -2.01. The van der Waals surface area contributed by atoms with Crippen LogP contribution in [0.5, 0.6) is 0 Å². The van der Waals surface area contributed by atoms with Crippen LogP contribution in [-0.2, 0) is 0 Å². The largest absolute Gasteiger partial charge is 0.103 e. The van der Waals surface area contributed by atoms with Crippen molar-refractivity contribution in [3.63, 3.8) is 0 Å². The summed E-state index contributed by atoms with van der Waals surface area (Å²) in [5, 5.41) is 0. The summed E-state index contributed by atoms with van der Waals surface area (Å²) in [6.07, 6.45) is 15.8. The normalized spacial score (nSPS) is 15.0. The maximum absolute atomic E-state index is 3.94. The van der Waals surface area contributed by atoms with E-state index in [-0.39, 0.29) is 0 Å². The van der Waals surface area contributed by atoms with Gasteiger partial charge in [-0.2, -0.15) is 0 Å². The van der Waals surface area contributed by atoms with Gasteiger partial charge >= 0.3 is 0 Å². The molecule has 0 aliphatic heterocycles. The molecule has 0 nitrogen and oxygen atoms in total. The predicted molar refractivity (Wildman–Crippen MR) is 80.1 cm³/mol. The van der Waals surface area contributed by atoms with E-state index in [0.29, 0.717) is 5.92 Å². The maximum Gasteiger partial charge on any atom is -0.00165 e. The Hall–Kier alpha value is -1.30. The fraction of sp³-hybridized carbons (Fsp3) is 0.412. The van der Waals surface area contributed by atoms with Crippen LogP contribution >= 0.6 is 0 Å². The molecule has 0 saturated heterocycles. The van der Waals surface area contributed by atoms with Crippen LogP contribution in [0.3, 0.4) is 0 Å². The average Bonchev–Trinajstić information content (AvgIpc) is 2.35. The van der Waals surface area contributed by atoms with Gasteiger partial charge in [-0.15, -0.1) is 13.2 Å². The predicted octanol–water partition coefficient (Wildman–Crippen LogP) is 5.61. The standard InChI is InChI=1S/C17H26/c1-6-11-14-16(12-7-2)17(13-8-3)15(9-4)10-5/h7-9,11-12,14-15H,3-4,6,10,13H2,1-2,5H3. The summed E-state index contributed by atoms with van der Waals surface area (Å²) in [6, 6.07) is 0. The monoisotopic (exact) mass is 230 g/mol. The first kappa shape index (κ1) is 15.7. The lowest BCUT2D eigenvalue weighted by Gasteiger charge is -2.16. The molecule has 0 aromatic rings. The van der Waals surface area contributed by atoms with Crippen LogP contribution in [0.25, 0.3) is 0 Å². The van der Waals surface area contributed by atoms with E-state index in [0.717, 1.165) is 19.3 Å². The van der Waals surface area contributed by atoms with Crippen LogP contribution in [0.15, 0.2) is 60.8 Å². The molecule has 0 N–H and O–H groups in total. The van der Waals surface area contributed by atoms with Gasteiger partial charge in [-0.1, -0.05) is 55.9 Å². The minimum absolute atomic E-state index is 0.445. The number of hydrogen-bond acceptors (Lipinski definition) is 0. The maximum atomic E-state index is 3.94. The molecule has 0 aliphatic carbocycles. The molecule has 0 aromatic carbocycles. The fourth-order valence-corrected chi connectivity index (χ4v) is 1.89. The van der Waals surface area contributed by atoms with Gasteiger partial charge in [0.2, 0.25) is 0 Å². The molecule has 0 radical (unpaired) electrons. The van der Waals surface area contributed by atoms with Crippen LogP contribution < -0.4 is 0 Å². The molecule has 0 aromatic heterocycles. The summed E-state index contributed by atoms with van der Waals surface area (Å²) < 4.78 is 0. The molecular weight excluding hydrogens is 204 g/mol. The molecule has 0 heteroatoms. The molecule has 17 heavy (non-hydrogen) atoms. The van der Waals surface area contributed by atoms with Crippen molar-refractivity contribution >= 4 is 0 Å². The smallest absolute Gasteiger partial charge is 0.00165 e. The van der Waals surface area contributed by atoms with Gasteiger partial charge in [0.05, 0.1) is 0 Å². The van der Waals surface area contributed by atoms with E-state index < -0.39 is 0 Å². The molecule has 1 atom stereocenters. The Balaban J connectivity index is 5.44. The number of allylic oxidation sites excluding steroid dienone is 8. The van der Waals surface area contributed by atoms with Gasteiger partial charge in [0.15, 0.2) is 0 Å². The van der Waals surface area contributed by atoms with Crippen molar-refractivity contribution in [2.45, 2.75) is 40.0 Å². The quantitative estimate of drug-likeness (QED) is 0.375. The molecule has 0 heterocycles. The topological polar surface area (TPSA) is 0 Å². The van der Waals surface area contributed by atoms with Crippen LogP contribution in [0.4, 0.5) is 0 Å². The lowest BCUT2D eigenvalue weighted by atomic mass is 9.89. The third-order valence-electron chi connectivity index (χ3n) is 2.79. The van der Waals surface area contributed by atoms with Gasteiger partial charge in [-0.25, -0.2) is 0 Å². The van der Waals surface area contributed by atoms with E-state index >= 15 is 0 Å². The molecule has 0 rings (SSSR count). The Labute approximate surface area is 107 Å². The molecule has 0 saturated carbocycles. The highest BCUT2D eigenvalue weighted by Gasteiger charge is 2.10. The zero-order valence-electron chi connectivity index (χ0n) is 11.6. The second-order valence-corrected chi connectivity index (χ2v) is 4.03. The highest BCUT2D eigenvalue weighted by Crippen LogP contribution is 2.25. The van der Waals surface area contributed by atoms with E-state index in [2.05, 4.69) is 58.2 Å². The Morgan fingerprint density at radius 1 is 1.18 bits per heavy atom. The van der Waals surface area contributed by atoms with Gasteiger partial charge in [0.1, 0.15) is 0 Å². The average molecular weight is 230 g/mol. The van der Waals surface area contributed by atoms with E-state index in [1.165, 1.54) is 11.1 Å². The molecule has 0 aliphatic rings. The first-order valence-corrected chi connectivity index (χ1v) is 6.50. The zero-order chi connectivity index (χ0) is 13.1. The molecule has 0 spiro atoms. The minimum atomic E-state index is 0.445. The van der Waals surface area contributed by atoms with Gasteiger partial charge in [0, 0.05) is 0 Å². The van der Waals surface area contributed by atoms with Crippen LogP contribution in [0.2, 0.25) is 0 Å².